The van der Waals surface area contributed by atoms with E-state index in [9.17, 15) is 0 Å². The minimum Gasteiger partial charge on any atom is -0.347 e. The van der Waals surface area contributed by atoms with Crippen molar-refractivity contribution in [2.45, 2.75) is 33.1 Å². The van der Waals surface area contributed by atoms with E-state index in [1.165, 1.54) is 5.56 Å². The maximum atomic E-state index is 5.31. The summed E-state index contributed by atoms with van der Waals surface area (Å²) in [5.41, 5.74) is 3.39. The molecule has 2 aromatic heterocycles. The molecule has 0 amide bonds. The standard InChI is InChI=1S/C14H17N3S/c1-3-5-13-16-12(10(2)14(18)17-13)8-11-6-4-7-15-9-11/h4,6-7,9H,3,5,8H2,1-2H3,(H,16,17,18). The number of aromatic nitrogens is 3. The van der Waals surface area contributed by atoms with Crippen LogP contribution in [0.25, 0.3) is 0 Å². The minimum atomic E-state index is 0.705. The fourth-order valence-corrected chi connectivity index (χ4v) is 2.10. The predicted octanol–water partition coefficient (Wildman–Crippen LogP) is 3.39. The highest BCUT2D eigenvalue weighted by molar-refractivity contribution is 7.71. The number of hydrogen-bond donors (Lipinski definition) is 1. The lowest BCUT2D eigenvalue weighted by molar-refractivity contribution is 0.806. The van der Waals surface area contributed by atoms with Crippen molar-refractivity contribution in [2.75, 3.05) is 0 Å². The fourth-order valence-electron chi connectivity index (χ4n) is 1.87. The lowest BCUT2D eigenvalue weighted by Gasteiger charge is -2.09. The molecule has 0 saturated heterocycles. The number of pyridine rings is 1. The van der Waals surface area contributed by atoms with Crippen molar-refractivity contribution in [2.24, 2.45) is 0 Å². The molecule has 2 aromatic rings. The molecule has 0 bridgehead atoms. The summed E-state index contributed by atoms with van der Waals surface area (Å²) in [5, 5.41) is 0. The minimum absolute atomic E-state index is 0.705. The number of nitrogens with zero attached hydrogens (tertiary/aromatic N) is 2. The lowest BCUT2D eigenvalue weighted by Crippen LogP contribution is -2.04. The van der Waals surface area contributed by atoms with Crippen molar-refractivity contribution < 1.29 is 0 Å². The monoisotopic (exact) mass is 259 g/mol. The average molecular weight is 259 g/mol. The van der Waals surface area contributed by atoms with E-state index in [2.05, 4.69) is 27.9 Å². The Kier molecular flexibility index (Phi) is 4.20. The van der Waals surface area contributed by atoms with E-state index >= 15 is 0 Å². The summed E-state index contributed by atoms with van der Waals surface area (Å²) in [5.74, 6) is 0.979. The van der Waals surface area contributed by atoms with E-state index in [4.69, 9.17) is 12.2 Å². The number of aromatic amines is 1. The second-order valence-electron chi connectivity index (χ2n) is 4.38. The molecule has 0 fully saturated rings. The van der Waals surface area contributed by atoms with Gasteiger partial charge in [0.2, 0.25) is 0 Å². The van der Waals surface area contributed by atoms with E-state index < -0.39 is 0 Å². The number of nitrogens with one attached hydrogen (secondary N) is 1. The first-order chi connectivity index (χ1) is 8.70. The van der Waals surface area contributed by atoms with Gasteiger partial charge < -0.3 is 4.98 Å². The molecule has 0 spiro atoms. The van der Waals surface area contributed by atoms with Crippen LogP contribution in [0, 0.1) is 11.6 Å². The van der Waals surface area contributed by atoms with Gasteiger partial charge in [-0.05, 0) is 25.0 Å². The van der Waals surface area contributed by atoms with Gasteiger partial charge in [-0.2, -0.15) is 0 Å². The van der Waals surface area contributed by atoms with Gasteiger partial charge in [-0.25, -0.2) is 4.98 Å². The third kappa shape index (κ3) is 3.01. The summed E-state index contributed by atoms with van der Waals surface area (Å²) in [6.07, 6.45) is 6.49. The average Bonchev–Trinajstić information content (AvgIpc) is 2.37. The largest absolute Gasteiger partial charge is 0.347 e. The molecule has 0 saturated carbocycles. The molecule has 0 radical (unpaired) electrons. The van der Waals surface area contributed by atoms with Gasteiger partial charge in [-0.15, -0.1) is 0 Å². The SMILES string of the molecule is CCCc1nc(=S)c(C)c(Cc2cccnc2)[nH]1. The lowest BCUT2D eigenvalue weighted by atomic mass is 10.1. The Morgan fingerprint density at radius 3 is 2.89 bits per heavy atom. The van der Waals surface area contributed by atoms with Crippen LogP contribution < -0.4 is 0 Å². The van der Waals surface area contributed by atoms with Crippen LogP contribution in [0.4, 0.5) is 0 Å². The quantitative estimate of drug-likeness (QED) is 0.856. The van der Waals surface area contributed by atoms with Crippen molar-refractivity contribution in [1.82, 2.24) is 15.0 Å². The third-order valence-electron chi connectivity index (χ3n) is 2.90. The van der Waals surface area contributed by atoms with Crippen molar-refractivity contribution >= 4 is 12.2 Å². The van der Waals surface area contributed by atoms with Gasteiger partial charge in [-0.1, -0.05) is 25.2 Å². The van der Waals surface area contributed by atoms with Gasteiger partial charge in [0.25, 0.3) is 0 Å². The van der Waals surface area contributed by atoms with E-state index in [1.807, 2.05) is 19.2 Å². The Morgan fingerprint density at radius 2 is 2.22 bits per heavy atom. The first-order valence-corrected chi connectivity index (χ1v) is 6.59. The van der Waals surface area contributed by atoms with Gasteiger partial charge in [0.1, 0.15) is 10.5 Å². The highest BCUT2D eigenvalue weighted by Crippen LogP contribution is 2.12. The Morgan fingerprint density at radius 1 is 1.39 bits per heavy atom. The molecule has 4 heteroatoms. The molecule has 18 heavy (non-hydrogen) atoms. The highest BCUT2D eigenvalue weighted by Gasteiger charge is 2.05. The van der Waals surface area contributed by atoms with Crippen LogP contribution in [0.3, 0.4) is 0 Å². The second kappa shape index (κ2) is 5.87. The molecule has 0 aliphatic rings. The number of rotatable bonds is 4. The van der Waals surface area contributed by atoms with Crippen molar-refractivity contribution in [1.29, 1.82) is 0 Å². The molecular weight excluding hydrogens is 242 g/mol. The highest BCUT2D eigenvalue weighted by atomic mass is 32.1. The molecule has 2 heterocycles. The maximum Gasteiger partial charge on any atom is 0.132 e. The molecule has 0 unspecified atom stereocenters. The van der Waals surface area contributed by atoms with Crippen LogP contribution in [0.1, 0.15) is 36.0 Å². The van der Waals surface area contributed by atoms with Gasteiger partial charge >= 0.3 is 0 Å². The van der Waals surface area contributed by atoms with Crippen molar-refractivity contribution in [3.63, 3.8) is 0 Å². The summed E-state index contributed by atoms with van der Waals surface area (Å²) >= 11 is 5.31. The van der Waals surface area contributed by atoms with Gasteiger partial charge in [0, 0.05) is 36.5 Å². The summed E-state index contributed by atoms with van der Waals surface area (Å²) in [7, 11) is 0. The molecule has 94 valence electrons. The Bertz CT molecular complexity index is 575. The zero-order valence-corrected chi connectivity index (χ0v) is 11.5. The van der Waals surface area contributed by atoms with Gasteiger partial charge in [-0.3, -0.25) is 4.98 Å². The van der Waals surface area contributed by atoms with Crippen LogP contribution >= 0.6 is 12.2 Å². The predicted molar refractivity (Wildman–Crippen MR) is 75.2 cm³/mol. The Hall–Kier alpha value is -1.55. The number of H-pyrrole nitrogens is 1. The topological polar surface area (TPSA) is 41.6 Å². The van der Waals surface area contributed by atoms with Gasteiger partial charge in [0.15, 0.2) is 0 Å². The smallest absolute Gasteiger partial charge is 0.132 e. The van der Waals surface area contributed by atoms with Crippen molar-refractivity contribution in [3.8, 4) is 0 Å². The van der Waals surface area contributed by atoms with Gasteiger partial charge in [0.05, 0.1) is 0 Å². The first kappa shape index (κ1) is 12.9. The van der Waals surface area contributed by atoms with Crippen LogP contribution in [-0.4, -0.2) is 15.0 Å². The fraction of sp³-hybridized carbons (Fsp3) is 0.357. The molecule has 0 atom stereocenters. The van der Waals surface area contributed by atoms with Crippen molar-refractivity contribution in [3.05, 3.63) is 51.8 Å². The summed E-state index contributed by atoms with van der Waals surface area (Å²) in [4.78, 5) is 11.9. The maximum absolute atomic E-state index is 5.31. The molecule has 0 aromatic carbocycles. The Labute approximate surface area is 112 Å². The molecule has 2 rings (SSSR count). The summed E-state index contributed by atoms with van der Waals surface area (Å²) < 4.78 is 0.705. The number of hydrogen-bond acceptors (Lipinski definition) is 3. The zero-order chi connectivity index (χ0) is 13.0. The van der Waals surface area contributed by atoms with E-state index in [0.29, 0.717) is 4.64 Å². The molecule has 0 aliphatic heterocycles. The molecule has 1 N–H and O–H groups in total. The second-order valence-corrected chi connectivity index (χ2v) is 4.77. The normalized spacial score (nSPS) is 10.6. The molecule has 3 nitrogen and oxygen atoms in total. The van der Waals surface area contributed by atoms with Crippen LogP contribution in [0.2, 0.25) is 0 Å². The van der Waals surface area contributed by atoms with E-state index in [0.717, 1.165) is 36.3 Å². The Balaban J connectivity index is 2.35. The molecular formula is C14H17N3S. The van der Waals surface area contributed by atoms with E-state index in [-0.39, 0.29) is 0 Å². The summed E-state index contributed by atoms with van der Waals surface area (Å²) in [6.45, 7) is 4.16. The third-order valence-corrected chi connectivity index (χ3v) is 3.29. The first-order valence-electron chi connectivity index (χ1n) is 6.18. The summed E-state index contributed by atoms with van der Waals surface area (Å²) in [6, 6.07) is 4.02. The van der Waals surface area contributed by atoms with Crippen LogP contribution in [-0.2, 0) is 12.8 Å². The molecule has 0 aliphatic carbocycles. The zero-order valence-electron chi connectivity index (χ0n) is 10.7. The van der Waals surface area contributed by atoms with E-state index in [1.54, 1.807) is 6.20 Å². The van der Waals surface area contributed by atoms with Crippen LogP contribution in [0.5, 0.6) is 0 Å². The van der Waals surface area contributed by atoms with Crippen LogP contribution in [0.15, 0.2) is 24.5 Å². The number of aryl methyl sites for hydroxylation is 1.